The largest absolute Gasteiger partial charge is 0.296 e. The predicted octanol–water partition coefficient (Wildman–Crippen LogP) is 3.54. The number of aryl methyl sites for hydroxylation is 1. The number of carbonyl (C=O) groups excluding carboxylic acids is 1. The van der Waals surface area contributed by atoms with Crippen LogP contribution in [-0.4, -0.2) is 31.3 Å². The van der Waals surface area contributed by atoms with Gasteiger partial charge in [-0.2, -0.15) is 5.10 Å². The summed E-state index contributed by atoms with van der Waals surface area (Å²) in [5, 5.41) is 19.9. The molecular weight excluding hydrogens is 356 g/mol. The highest BCUT2D eigenvalue weighted by atomic mass is 32.2. The molecule has 0 aliphatic heterocycles. The van der Waals surface area contributed by atoms with Crippen LogP contribution < -0.4 is 5.32 Å². The van der Waals surface area contributed by atoms with E-state index in [0.29, 0.717) is 16.4 Å². The van der Waals surface area contributed by atoms with Crippen molar-refractivity contribution in [1.82, 2.24) is 25.4 Å². The summed E-state index contributed by atoms with van der Waals surface area (Å²) in [7, 11) is 0. The van der Waals surface area contributed by atoms with Crippen LogP contribution >= 0.6 is 23.1 Å². The van der Waals surface area contributed by atoms with Crippen molar-refractivity contribution < 1.29 is 4.79 Å². The highest BCUT2D eigenvalue weighted by molar-refractivity contribution is 7.98. The average molecular weight is 374 g/mol. The Labute approximate surface area is 153 Å². The quantitative estimate of drug-likeness (QED) is 0.585. The van der Waals surface area contributed by atoms with Crippen LogP contribution in [0.1, 0.15) is 40.7 Å². The van der Waals surface area contributed by atoms with Gasteiger partial charge in [0.2, 0.25) is 5.13 Å². The summed E-state index contributed by atoms with van der Waals surface area (Å²) in [4.78, 5) is 16.7. The molecule has 9 heteroatoms. The number of amides is 1. The summed E-state index contributed by atoms with van der Waals surface area (Å²) in [6.45, 7) is 2.14. The van der Waals surface area contributed by atoms with E-state index in [9.17, 15) is 4.79 Å². The first-order valence-corrected chi connectivity index (χ1v) is 9.76. The minimum Gasteiger partial charge on any atom is -0.296 e. The fourth-order valence-electron chi connectivity index (χ4n) is 2.18. The first-order valence-electron chi connectivity index (χ1n) is 7.96. The molecule has 3 aromatic rings. The third-order valence-corrected chi connectivity index (χ3v) is 5.27. The van der Waals surface area contributed by atoms with Crippen LogP contribution in [-0.2, 0) is 12.2 Å². The Morgan fingerprint density at radius 3 is 3.00 bits per heavy atom. The van der Waals surface area contributed by atoms with Crippen LogP contribution in [0.4, 0.5) is 5.13 Å². The van der Waals surface area contributed by atoms with Crippen LogP contribution in [0.25, 0.3) is 0 Å². The van der Waals surface area contributed by atoms with Crippen LogP contribution in [0.5, 0.6) is 0 Å². The maximum atomic E-state index is 12.6. The summed E-state index contributed by atoms with van der Waals surface area (Å²) >= 11 is 2.93. The average Bonchev–Trinajstić information content (AvgIpc) is 3.30. The SMILES string of the molecule is CCCCc1nnc(NC(=O)c2ccccc2CSc2ncn[nH]2)s1. The zero-order chi connectivity index (χ0) is 17.5. The third-order valence-electron chi connectivity index (χ3n) is 3.45. The molecule has 0 fully saturated rings. The Kier molecular flexibility index (Phi) is 6.13. The van der Waals surface area contributed by atoms with Crippen LogP contribution in [0, 0.1) is 0 Å². The fraction of sp³-hybridized carbons (Fsp3) is 0.312. The van der Waals surface area contributed by atoms with E-state index in [1.54, 1.807) is 0 Å². The van der Waals surface area contributed by atoms with E-state index in [1.165, 1.54) is 29.4 Å². The van der Waals surface area contributed by atoms with Crippen LogP contribution in [0.15, 0.2) is 35.7 Å². The minimum atomic E-state index is -0.174. The van der Waals surface area contributed by atoms with E-state index in [-0.39, 0.29) is 5.91 Å². The van der Waals surface area contributed by atoms with Gasteiger partial charge in [-0.1, -0.05) is 54.6 Å². The molecule has 3 rings (SSSR count). The number of unbranched alkanes of at least 4 members (excludes halogenated alkanes) is 1. The van der Waals surface area contributed by atoms with Crippen LogP contribution in [0.2, 0.25) is 0 Å². The number of aromatic nitrogens is 5. The molecule has 0 radical (unpaired) electrons. The van der Waals surface area contributed by atoms with Gasteiger partial charge in [-0.3, -0.25) is 15.2 Å². The number of nitrogens with zero attached hydrogens (tertiary/aromatic N) is 4. The van der Waals surface area contributed by atoms with Gasteiger partial charge in [-0.05, 0) is 18.1 Å². The second-order valence-electron chi connectivity index (χ2n) is 5.30. The number of benzene rings is 1. The summed E-state index contributed by atoms with van der Waals surface area (Å²) in [6.07, 6.45) is 4.54. The first-order chi connectivity index (χ1) is 12.3. The molecule has 0 spiro atoms. The van der Waals surface area contributed by atoms with Gasteiger partial charge in [0.1, 0.15) is 11.3 Å². The van der Waals surface area contributed by atoms with Gasteiger partial charge in [0.05, 0.1) is 0 Å². The number of nitrogens with one attached hydrogen (secondary N) is 2. The number of anilines is 1. The number of rotatable bonds is 8. The molecule has 0 bridgehead atoms. The predicted molar refractivity (Wildman–Crippen MR) is 98.9 cm³/mol. The molecular formula is C16H18N6OS2. The molecule has 1 aromatic carbocycles. The highest BCUT2D eigenvalue weighted by Gasteiger charge is 2.14. The van der Waals surface area contributed by atoms with Crippen LogP contribution in [0.3, 0.4) is 0 Å². The number of hydrogen-bond acceptors (Lipinski definition) is 7. The van der Waals surface area contributed by atoms with Gasteiger partial charge in [-0.15, -0.1) is 10.2 Å². The zero-order valence-corrected chi connectivity index (χ0v) is 15.4. The Morgan fingerprint density at radius 2 is 2.20 bits per heavy atom. The van der Waals surface area contributed by atoms with E-state index in [2.05, 4.69) is 37.6 Å². The monoisotopic (exact) mass is 374 g/mol. The lowest BCUT2D eigenvalue weighted by molar-refractivity contribution is 0.102. The Bertz CT molecular complexity index is 818. The lowest BCUT2D eigenvalue weighted by Crippen LogP contribution is -2.13. The van der Waals surface area contributed by atoms with Crippen molar-refractivity contribution in [3.63, 3.8) is 0 Å². The molecule has 130 valence electrons. The fourth-order valence-corrected chi connectivity index (χ4v) is 3.73. The van der Waals surface area contributed by atoms with Crippen molar-refractivity contribution in [2.75, 3.05) is 5.32 Å². The molecule has 0 saturated heterocycles. The number of carbonyl (C=O) groups is 1. The molecule has 0 saturated carbocycles. The van der Waals surface area contributed by atoms with Gasteiger partial charge in [0, 0.05) is 17.7 Å². The van der Waals surface area contributed by atoms with Gasteiger partial charge < -0.3 is 0 Å². The maximum Gasteiger partial charge on any atom is 0.257 e. The topological polar surface area (TPSA) is 96.5 Å². The van der Waals surface area contributed by atoms with E-state index >= 15 is 0 Å². The first kappa shape index (κ1) is 17.6. The smallest absolute Gasteiger partial charge is 0.257 e. The standard InChI is InChI=1S/C16H18N6OS2/c1-2-3-8-13-20-22-16(25-13)19-14(23)12-7-5-4-6-11(12)9-24-15-17-10-18-21-15/h4-7,10H,2-3,8-9H2,1H3,(H,17,18,21)(H,19,22,23). The Balaban J connectivity index is 1.66. The molecule has 7 nitrogen and oxygen atoms in total. The number of thioether (sulfide) groups is 1. The summed E-state index contributed by atoms with van der Waals surface area (Å²) < 4.78 is 0. The molecule has 0 aliphatic rings. The number of aromatic amines is 1. The van der Waals surface area contributed by atoms with E-state index < -0.39 is 0 Å². The molecule has 2 N–H and O–H groups in total. The van der Waals surface area contributed by atoms with Gasteiger partial charge in [0.25, 0.3) is 5.91 Å². The molecule has 2 heterocycles. The molecule has 0 unspecified atom stereocenters. The lowest BCUT2D eigenvalue weighted by atomic mass is 10.1. The Hall–Kier alpha value is -2.26. The minimum absolute atomic E-state index is 0.174. The zero-order valence-electron chi connectivity index (χ0n) is 13.7. The van der Waals surface area contributed by atoms with Crippen molar-refractivity contribution in [1.29, 1.82) is 0 Å². The van der Waals surface area contributed by atoms with Crippen molar-refractivity contribution in [3.8, 4) is 0 Å². The van der Waals surface area contributed by atoms with Gasteiger partial charge >= 0.3 is 0 Å². The van der Waals surface area contributed by atoms with Crippen molar-refractivity contribution >= 4 is 34.1 Å². The summed E-state index contributed by atoms with van der Waals surface area (Å²) in [5.74, 6) is 0.448. The highest BCUT2D eigenvalue weighted by Crippen LogP contribution is 2.23. The molecule has 0 aliphatic carbocycles. The summed E-state index contributed by atoms with van der Waals surface area (Å²) in [5.41, 5.74) is 1.55. The second-order valence-corrected chi connectivity index (χ2v) is 7.32. The molecule has 2 aromatic heterocycles. The Morgan fingerprint density at radius 1 is 1.32 bits per heavy atom. The normalized spacial score (nSPS) is 10.8. The number of hydrogen-bond donors (Lipinski definition) is 2. The molecule has 0 atom stereocenters. The van der Waals surface area contributed by atoms with Crippen molar-refractivity contribution in [3.05, 3.63) is 46.7 Å². The second kappa shape index (κ2) is 8.72. The van der Waals surface area contributed by atoms with Gasteiger partial charge in [-0.25, -0.2) is 4.98 Å². The molecule has 1 amide bonds. The van der Waals surface area contributed by atoms with E-state index in [4.69, 9.17) is 0 Å². The lowest BCUT2D eigenvalue weighted by Gasteiger charge is -2.07. The van der Waals surface area contributed by atoms with Crippen molar-refractivity contribution in [2.45, 2.75) is 37.1 Å². The summed E-state index contributed by atoms with van der Waals surface area (Å²) in [6, 6.07) is 7.51. The maximum absolute atomic E-state index is 12.6. The number of H-pyrrole nitrogens is 1. The molecule has 25 heavy (non-hydrogen) atoms. The van der Waals surface area contributed by atoms with E-state index in [0.717, 1.165) is 35.0 Å². The van der Waals surface area contributed by atoms with Gasteiger partial charge in [0.15, 0.2) is 5.16 Å². The van der Waals surface area contributed by atoms with E-state index in [1.807, 2.05) is 24.3 Å². The third kappa shape index (κ3) is 4.86. The van der Waals surface area contributed by atoms with Crippen molar-refractivity contribution in [2.24, 2.45) is 0 Å².